The van der Waals surface area contributed by atoms with Gasteiger partial charge in [-0.3, -0.25) is 0 Å². The predicted molar refractivity (Wildman–Crippen MR) is 91.7 cm³/mol. The van der Waals surface area contributed by atoms with E-state index in [0.717, 1.165) is 6.42 Å². The van der Waals surface area contributed by atoms with E-state index in [0.29, 0.717) is 12.1 Å². The highest BCUT2D eigenvalue weighted by atomic mass is 15.1. The minimum atomic E-state index is 0.200. The fourth-order valence-corrected chi connectivity index (χ4v) is 3.93. The summed E-state index contributed by atoms with van der Waals surface area (Å²) in [6.45, 7) is 13.7. The molecule has 0 aromatic heterocycles. The van der Waals surface area contributed by atoms with Gasteiger partial charge >= 0.3 is 0 Å². The Morgan fingerprint density at radius 1 is 1.10 bits per heavy atom. The molecule has 0 amide bonds. The van der Waals surface area contributed by atoms with Gasteiger partial charge in [-0.05, 0) is 65.0 Å². The molecule has 0 aliphatic carbocycles. The van der Waals surface area contributed by atoms with Crippen LogP contribution in [0.2, 0.25) is 0 Å². The maximum absolute atomic E-state index is 3.84. The largest absolute Gasteiger partial charge is 0.307 e. The van der Waals surface area contributed by atoms with Crippen molar-refractivity contribution in [1.29, 1.82) is 0 Å². The van der Waals surface area contributed by atoms with Crippen LogP contribution in [0.25, 0.3) is 0 Å². The Hall–Kier alpha value is -0.860. The molecular weight excluding hydrogens is 256 g/mol. The molecule has 0 spiro atoms. The average molecular weight is 288 g/mol. The topological polar surface area (TPSA) is 24.1 Å². The zero-order chi connectivity index (χ0) is 15.7. The van der Waals surface area contributed by atoms with Gasteiger partial charge in [-0.1, -0.05) is 31.2 Å². The molecule has 118 valence electrons. The number of piperidine rings is 1. The van der Waals surface area contributed by atoms with Crippen LogP contribution < -0.4 is 10.6 Å². The van der Waals surface area contributed by atoms with Crippen molar-refractivity contribution >= 4 is 0 Å². The lowest BCUT2D eigenvalue weighted by atomic mass is 9.79. The fourth-order valence-electron chi connectivity index (χ4n) is 3.93. The van der Waals surface area contributed by atoms with E-state index in [1.54, 1.807) is 0 Å². The maximum Gasteiger partial charge on any atom is 0.0294 e. The minimum absolute atomic E-state index is 0.200. The normalized spacial score (nSPS) is 23.0. The first-order chi connectivity index (χ1) is 9.71. The summed E-state index contributed by atoms with van der Waals surface area (Å²) in [4.78, 5) is 0. The molecule has 1 saturated heterocycles. The number of rotatable bonds is 4. The molecule has 1 heterocycles. The summed E-state index contributed by atoms with van der Waals surface area (Å²) in [5.41, 5.74) is 3.20. The molecule has 0 bridgehead atoms. The van der Waals surface area contributed by atoms with E-state index >= 15 is 0 Å². The molecule has 2 nitrogen and oxygen atoms in total. The maximum atomic E-state index is 3.84. The number of hydrogen-bond acceptors (Lipinski definition) is 2. The van der Waals surface area contributed by atoms with E-state index in [1.165, 1.54) is 24.0 Å². The molecule has 1 aliphatic rings. The van der Waals surface area contributed by atoms with Gasteiger partial charge in [-0.15, -0.1) is 0 Å². The van der Waals surface area contributed by atoms with Crippen LogP contribution in [0.4, 0.5) is 0 Å². The average Bonchev–Trinajstić information content (AvgIpc) is 2.35. The Morgan fingerprint density at radius 3 is 2.10 bits per heavy atom. The van der Waals surface area contributed by atoms with Crippen LogP contribution in [0.1, 0.15) is 71.6 Å². The number of aryl methyl sites for hydroxylation is 1. The van der Waals surface area contributed by atoms with Crippen molar-refractivity contribution in [3.63, 3.8) is 0 Å². The molecule has 1 aromatic rings. The number of nitrogens with one attached hydrogen (secondary N) is 2. The molecule has 1 aliphatic heterocycles. The first-order valence-electron chi connectivity index (χ1n) is 8.35. The molecule has 21 heavy (non-hydrogen) atoms. The van der Waals surface area contributed by atoms with Crippen molar-refractivity contribution < 1.29 is 0 Å². The Bertz CT molecular complexity index is 443. The van der Waals surface area contributed by atoms with Crippen LogP contribution in [-0.4, -0.2) is 17.1 Å². The summed E-state index contributed by atoms with van der Waals surface area (Å²) < 4.78 is 0. The van der Waals surface area contributed by atoms with E-state index < -0.39 is 0 Å². The summed E-state index contributed by atoms with van der Waals surface area (Å²) in [5.74, 6) is 0. The van der Waals surface area contributed by atoms with Gasteiger partial charge in [-0.25, -0.2) is 0 Å². The smallest absolute Gasteiger partial charge is 0.0294 e. The minimum Gasteiger partial charge on any atom is -0.307 e. The van der Waals surface area contributed by atoms with Gasteiger partial charge in [0.1, 0.15) is 0 Å². The predicted octanol–water partition coefficient (Wildman–Crippen LogP) is 4.21. The van der Waals surface area contributed by atoms with Gasteiger partial charge in [0.25, 0.3) is 0 Å². The van der Waals surface area contributed by atoms with Crippen LogP contribution >= 0.6 is 0 Å². The summed E-state index contributed by atoms with van der Waals surface area (Å²) in [6.07, 6.45) is 3.46. The van der Waals surface area contributed by atoms with Gasteiger partial charge in [0.15, 0.2) is 0 Å². The Kier molecular flexibility index (Phi) is 4.79. The first kappa shape index (κ1) is 16.5. The lowest BCUT2D eigenvalue weighted by Crippen LogP contribution is -2.61. The van der Waals surface area contributed by atoms with Gasteiger partial charge in [0.2, 0.25) is 0 Å². The van der Waals surface area contributed by atoms with Crippen molar-refractivity contribution in [3.05, 3.63) is 35.4 Å². The highest BCUT2D eigenvalue weighted by Gasteiger charge is 2.37. The third-order valence-electron chi connectivity index (χ3n) is 4.56. The second kappa shape index (κ2) is 6.10. The SMILES string of the molecule is CCc1ccc(C(C)NC2CC(C)(C)NC(C)(C)C2)cc1. The Balaban J connectivity index is 2.02. The first-order valence-corrected chi connectivity index (χ1v) is 8.35. The van der Waals surface area contributed by atoms with Gasteiger partial charge in [0.05, 0.1) is 0 Å². The second-order valence-corrected chi connectivity index (χ2v) is 7.98. The Labute approximate surface area is 130 Å². The third-order valence-corrected chi connectivity index (χ3v) is 4.56. The molecule has 2 N–H and O–H groups in total. The lowest BCUT2D eigenvalue weighted by molar-refractivity contribution is 0.141. The number of hydrogen-bond donors (Lipinski definition) is 2. The zero-order valence-electron chi connectivity index (χ0n) is 14.6. The summed E-state index contributed by atoms with van der Waals surface area (Å²) in [5, 5.41) is 7.59. The zero-order valence-corrected chi connectivity index (χ0v) is 14.6. The molecule has 0 saturated carbocycles. The van der Waals surface area contributed by atoms with Gasteiger partial charge in [0, 0.05) is 23.2 Å². The van der Waals surface area contributed by atoms with Gasteiger partial charge in [-0.2, -0.15) is 0 Å². The quantitative estimate of drug-likeness (QED) is 0.867. The third kappa shape index (κ3) is 4.55. The van der Waals surface area contributed by atoms with Crippen molar-refractivity contribution in [1.82, 2.24) is 10.6 Å². The van der Waals surface area contributed by atoms with Crippen molar-refractivity contribution in [2.75, 3.05) is 0 Å². The van der Waals surface area contributed by atoms with Crippen LogP contribution in [-0.2, 0) is 6.42 Å². The van der Waals surface area contributed by atoms with E-state index in [9.17, 15) is 0 Å². The summed E-state index contributed by atoms with van der Waals surface area (Å²) in [6, 6.07) is 10.0. The van der Waals surface area contributed by atoms with Crippen LogP contribution in [0.5, 0.6) is 0 Å². The molecule has 2 rings (SSSR count). The van der Waals surface area contributed by atoms with Crippen molar-refractivity contribution in [3.8, 4) is 0 Å². The van der Waals surface area contributed by atoms with Crippen molar-refractivity contribution in [2.45, 2.75) is 84.0 Å². The molecule has 1 atom stereocenters. The van der Waals surface area contributed by atoms with E-state index in [-0.39, 0.29) is 11.1 Å². The fraction of sp³-hybridized carbons (Fsp3) is 0.684. The van der Waals surface area contributed by atoms with E-state index in [1.807, 2.05) is 0 Å². The van der Waals surface area contributed by atoms with Crippen LogP contribution in [0, 0.1) is 0 Å². The molecule has 2 heteroatoms. The molecule has 1 unspecified atom stereocenters. The molecule has 0 radical (unpaired) electrons. The summed E-state index contributed by atoms with van der Waals surface area (Å²) >= 11 is 0. The monoisotopic (exact) mass is 288 g/mol. The molecule has 1 aromatic carbocycles. The molecule has 1 fully saturated rings. The number of benzene rings is 1. The van der Waals surface area contributed by atoms with E-state index in [2.05, 4.69) is 76.4 Å². The Morgan fingerprint density at radius 2 is 1.62 bits per heavy atom. The van der Waals surface area contributed by atoms with Crippen LogP contribution in [0.15, 0.2) is 24.3 Å². The van der Waals surface area contributed by atoms with Crippen LogP contribution in [0.3, 0.4) is 0 Å². The summed E-state index contributed by atoms with van der Waals surface area (Å²) in [7, 11) is 0. The van der Waals surface area contributed by atoms with E-state index in [4.69, 9.17) is 0 Å². The second-order valence-electron chi connectivity index (χ2n) is 7.98. The van der Waals surface area contributed by atoms with Crippen molar-refractivity contribution in [2.24, 2.45) is 0 Å². The highest BCUT2D eigenvalue weighted by Crippen LogP contribution is 2.30. The van der Waals surface area contributed by atoms with Gasteiger partial charge < -0.3 is 10.6 Å². The molecular formula is C19H32N2. The lowest BCUT2D eigenvalue weighted by Gasteiger charge is -2.47. The standard InChI is InChI=1S/C19H32N2/c1-7-15-8-10-16(11-9-15)14(2)20-17-12-18(3,4)21-19(5,6)13-17/h8-11,14,17,20-21H,7,12-13H2,1-6H3. The highest BCUT2D eigenvalue weighted by molar-refractivity contribution is 5.24.